The summed E-state index contributed by atoms with van der Waals surface area (Å²) in [6.07, 6.45) is 2.57. The molecule has 1 aromatic heterocycles. The molecule has 0 aliphatic carbocycles. The Hall–Kier alpha value is -1.85. The standard InChI is InChI=1S/C17H23N3O2/c1-4-20-9-11-5-14-13(6-15(18)17(21)22-3)8-19(2)16(14)7-12(11)10-20/h5,7-8,15H,4,6,9-10,18H2,1-3H3. The van der Waals surface area contributed by atoms with Crippen molar-refractivity contribution in [1.29, 1.82) is 0 Å². The summed E-state index contributed by atoms with van der Waals surface area (Å²) in [5.74, 6) is -0.365. The number of ether oxygens (including phenoxy) is 1. The Kier molecular flexibility index (Phi) is 3.93. The van der Waals surface area contributed by atoms with Crippen LogP contribution in [0.4, 0.5) is 0 Å². The largest absolute Gasteiger partial charge is 0.468 e. The van der Waals surface area contributed by atoms with Gasteiger partial charge in [-0.2, -0.15) is 0 Å². The number of hydrogen-bond acceptors (Lipinski definition) is 4. The van der Waals surface area contributed by atoms with Crippen LogP contribution in [0.1, 0.15) is 23.6 Å². The monoisotopic (exact) mass is 301 g/mol. The molecule has 1 atom stereocenters. The molecule has 2 heterocycles. The number of methoxy groups -OCH3 is 1. The van der Waals surface area contributed by atoms with Crippen molar-refractivity contribution in [3.05, 3.63) is 35.0 Å². The maximum atomic E-state index is 11.6. The summed E-state index contributed by atoms with van der Waals surface area (Å²) in [6, 6.07) is 3.92. The van der Waals surface area contributed by atoms with E-state index in [4.69, 9.17) is 10.5 Å². The summed E-state index contributed by atoms with van der Waals surface area (Å²) in [4.78, 5) is 14.0. The van der Waals surface area contributed by atoms with Gasteiger partial charge in [0, 0.05) is 43.7 Å². The minimum absolute atomic E-state index is 0.365. The third kappa shape index (κ3) is 2.51. The Morgan fingerprint density at radius 3 is 2.68 bits per heavy atom. The van der Waals surface area contributed by atoms with Crippen LogP contribution in [-0.4, -0.2) is 35.1 Å². The first-order valence-corrected chi connectivity index (χ1v) is 7.69. The van der Waals surface area contributed by atoms with Crippen molar-refractivity contribution in [3.63, 3.8) is 0 Å². The lowest BCUT2D eigenvalue weighted by atomic mass is 10.0. The van der Waals surface area contributed by atoms with E-state index in [0.29, 0.717) is 6.42 Å². The summed E-state index contributed by atoms with van der Waals surface area (Å²) in [5.41, 5.74) is 11.0. The van der Waals surface area contributed by atoms with Gasteiger partial charge in [0.25, 0.3) is 0 Å². The molecule has 0 bridgehead atoms. The van der Waals surface area contributed by atoms with E-state index in [1.165, 1.54) is 29.1 Å². The fourth-order valence-corrected chi connectivity index (χ4v) is 3.29. The van der Waals surface area contributed by atoms with E-state index in [1.54, 1.807) is 0 Å². The van der Waals surface area contributed by atoms with Crippen molar-refractivity contribution in [1.82, 2.24) is 9.47 Å². The summed E-state index contributed by atoms with van der Waals surface area (Å²) < 4.78 is 6.84. The van der Waals surface area contributed by atoms with E-state index in [1.807, 2.05) is 7.05 Å². The molecule has 2 aromatic rings. The molecule has 0 amide bonds. The van der Waals surface area contributed by atoms with Crippen LogP contribution >= 0.6 is 0 Å². The van der Waals surface area contributed by atoms with Crippen LogP contribution in [0.15, 0.2) is 18.3 Å². The zero-order chi connectivity index (χ0) is 15.9. The summed E-state index contributed by atoms with van der Waals surface area (Å²) in [7, 11) is 3.41. The van der Waals surface area contributed by atoms with Crippen LogP contribution in [0.25, 0.3) is 10.9 Å². The van der Waals surface area contributed by atoms with Gasteiger partial charge in [0.1, 0.15) is 6.04 Å². The van der Waals surface area contributed by atoms with Gasteiger partial charge in [0.05, 0.1) is 7.11 Å². The van der Waals surface area contributed by atoms with Gasteiger partial charge in [0.2, 0.25) is 0 Å². The summed E-state index contributed by atoms with van der Waals surface area (Å²) in [5, 5.41) is 1.19. The first kappa shape index (κ1) is 15.1. The maximum absolute atomic E-state index is 11.6. The van der Waals surface area contributed by atoms with Gasteiger partial charge in [-0.25, -0.2) is 0 Å². The average Bonchev–Trinajstić information content (AvgIpc) is 3.05. The highest BCUT2D eigenvalue weighted by atomic mass is 16.5. The fourth-order valence-electron chi connectivity index (χ4n) is 3.29. The molecule has 22 heavy (non-hydrogen) atoms. The molecule has 1 aromatic carbocycles. The minimum Gasteiger partial charge on any atom is -0.468 e. The van der Waals surface area contributed by atoms with E-state index in [-0.39, 0.29) is 5.97 Å². The molecular formula is C17H23N3O2. The van der Waals surface area contributed by atoms with Gasteiger partial charge in [-0.3, -0.25) is 9.69 Å². The van der Waals surface area contributed by atoms with Crippen LogP contribution in [0.2, 0.25) is 0 Å². The zero-order valence-corrected chi connectivity index (χ0v) is 13.4. The molecule has 1 aliphatic heterocycles. The van der Waals surface area contributed by atoms with Crippen LogP contribution in [-0.2, 0) is 36.1 Å². The second kappa shape index (κ2) is 5.74. The smallest absolute Gasteiger partial charge is 0.322 e. The lowest BCUT2D eigenvalue weighted by Crippen LogP contribution is -2.33. The molecule has 118 valence electrons. The topological polar surface area (TPSA) is 60.5 Å². The highest BCUT2D eigenvalue weighted by Gasteiger charge is 2.22. The highest BCUT2D eigenvalue weighted by Crippen LogP contribution is 2.30. The summed E-state index contributed by atoms with van der Waals surface area (Å²) >= 11 is 0. The van der Waals surface area contributed by atoms with Gasteiger partial charge < -0.3 is 15.0 Å². The van der Waals surface area contributed by atoms with Crippen LogP contribution < -0.4 is 5.73 Å². The van der Waals surface area contributed by atoms with Crippen molar-refractivity contribution < 1.29 is 9.53 Å². The number of carbonyl (C=O) groups is 1. The molecule has 5 nitrogen and oxygen atoms in total. The van der Waals surface area contributed by atoms with Crippen molar-refractivity contribution in [2.24, 2.45) is 12.8 Å². The lowest BCUT2D eigenvalue weighted by molar-refractivity contribution is -0.142. The van der Waals surface area contributed by atoms with E-state index in [9.17, 15) is 4.79 Å². The molecular weight excluding hydrogens is 278 g/mol. The molecule has 3 rings (SSSR count). The Bertz CT molecular complexity index is 720. The molecule has 0 saturated carbocycles. The van der Waals surface area contributed by atoms with Crippen molar-refractivity contribution in [2.75, 3.05) is 13.7 Å². The number of rotatable bonds is 4. The predicted octanol–water partition coefficient (Wildman–Crippen LogP) is 1.56. The molecule has 2 N–H and O–H groups in total. The number of carbonyl (C=O) groups excluding carboxylic acids is 1. The first-order chi connectivity index (χ1) is 10.5. The number of aryl methyl sites for hydroxylation is 1. The molecule has 0 spiro atoms. The van der Waals surface area contributed by atoms with Gasteiger partial charge in [-0.05, 0) is 35.4 Å². The van der Waals surface area contributed by atoms with Gasteiger partial charge in [-0.15, -0.1) is 0 Å². The number of benzene rings is 1. The fraction of sp³-hybridized carbons (Fsp3) is 0.471. The number of nitrogens with two attached hydrogens (primary N) is 1. The third-order valence-corrected chi connectivity index (χ3v) is 4.57. The van der Waals surface area contributed by atoms with Crippen LogP contribution in [0, 0.1) is 0 Å². The molecule has 1 aliphatic rings. The number of nitrogens with zero attached hydrogens (tertiary/aromatic N) is 2. The van der Waals surface area contributed by atoms with E-state index in [0.717, 1.165) is 25.2 Å². The van der Waals surface area contributed by atoms with E-state index in [2.05, 4.69) is 34.7 Å². The minimum atomic E-state index is -0.615. The van der Waals surface area contributed by atoms with Gasteiger partial charge in [-0.1, -0.05) is 6.92 Å². The summed E-state index contributed by atoms with van der Waals surface area (Å²) in [6.45, 7) is 5.26. The average molecular weight is 301 g/mol. The highest BCUT2D eigenvalue weighted by molar-refractivity contribution is 5.87. The van der Waals surface area contributed by atoms with Crippen molar-refractivity contribution in [3.8, 4) is 0 Å². The molecule has 0 fully saturated rings. The Morgan fingerprint density at radius 1 is 1.36 bits per heavy atom. The van der Waals surface area contributed by atoms with Crippen molar-refractivity contribution >= 4 is 16.9 Å². The van der Waals surface area contributed by atoms with Crippen molar-refractivity contribution in [2.45, 2.75) is 32.5 Å². The predicted molar refractivity (Wildman–Crippen MR) is 86.4 cm³/mol. The molecule has 0 radical (unpaired) electrons. The van der Waals surface area contributed by atoms with E-state index < -0.39 is 6.04 Å². The molecule has 0 saturated heterocycles. The molecule has 5 heteroatoms. The Morgan fingerprint density at radius 2 is 2.05 bits per heavy atom. The Balaban J connectivity index is 1.98. The SMILES string of the molecule is CCN1Cc2cc3c(CC(N)C(=O)OC)cn(C)c3cc2C1. The zero-order valence-electron chi connectivity index (χ0n) is 13.4. The van der Waals surface area contributed by atoms with Crippen LogP contribution in [0.5, 0.6) is 0 Å². The third-order valence-electron chi connectivity index (χ3n) is 4.57. The first-order valence-electron chi connectivity index (χ1n) is 7.69. The van der Waals surface area contributed by atoms with Gasteiger partial charge in [0.15, 0.2) is 0 Å². The second-order valence-electron chi connectivity index (χ2n) is 6.04. The number of fused-ring (bicyclic) bond motifs is 2. The number of esters is 1. The maximum Gasteiger partial charge on any atom is 0.322 e. The molecule has 1 unspecified atom stereocenters. The normalized spacial score (nSPS) is 16.0. The van der Waals surface area contributed by atoms with E-state index >= 15 is 0 Å². The quantitative estimate of drug-likeness (QED) is 0.871. The van der Waals surface area contributed by atoms with Crippen LogP contribution in [0.3, 0.4) is 0 Å². The Labute approximate surface area is 130 Å². The number of aromatic nitrogens is 1. The number of hydrogen-bond donors (Lipinski definition) is 1. The second-order valence-corrected chi connectivity index (χ2v) is 6.04. The van der Waals surface area contributed by atoms with Gasteiger partial charge >= 0.3 is 5.97 Å². The lowest BCUT2D eigenvalue weighted by Gasteiger charge is -2.09.